The molecule has 1 aromatic heterocycles. The second kappa shape index (κ2) is 4.21. The van der Waals surface area contributed by atoms with Crippen LogP contribution in [0.3, 0.4) is 0 Å². The van der Waals surface area contributed by atoms with Crippen LogP contribution in [0.4, 0.5) is 5.82 Å². The van der Waals surface area contributed by atoms with E-state index < -0.39 is 0 Å². The van der Waals surface area contributed by atoms with Crippen LogP contribution in [0.1, 0.15) is 44.6 Å². The van der Waals surface area contributed by atoms with Crippen LogP contribution in [-0.2, 0) is 6.42 Å². The van der Waals surface area contributed by atoms with Gasteiger partial charge in [-0.3, -0.25) is 0 Å². The quantitative estimate of drug-likeness (QED) is 0.773. The first-order chi connectivity index (χ1) is 6.13. The summed E-state index contributed by atoms with van der Waals surface area (Å²) in [5.74, 6) is 1.87. The average molecular weight is 179 g/mol. The summed E-state index contributed by atoms with van der Waals surface area (Å²) in [5, 5.41) is 0. The molecule has 0 amide bonds. The maximum Gasteiger partial charge on any atom is 0.130 e. The minimum absolute atomic E-state index is 0.418. The molecule has 0 aliphatic carbocycles. The smallest absolute Gasteiger partial charge is 0.130 e. The minimum Gasteiger partial charge on any atom is -0.384 e. The summed E-state index contributed by atoms with van der Waals surface area (Å²) in [6.07, 6.45) is 1.96. The van der Waals surface area contributed by atoms with E-state index in [1.54, 1.807) is 0 Å². The lowest BCUT2D eigenvalue weighted by Crippen LogP contribution is -2.04. The standard InChI is InChI=1S/C10H17N3/c1-4-5-10-12-8(7(2)3)6-9(11)13-10/h6-7H,4-5H2,1-3H3,(H2,11,12,13). The van der Waals surface area contributed by atoms with Gasteiger partial charge in [-0.2, -0.15) is 0 Å². The number of rotatable bonds is 3. The zero-order chi connectivity index (χ0) is 9.84. The van der Waals surface area contributed by atoms with Crippen LogP contribution in [0.25, 0.3) is 0 Å². The molecule has 2 N–H and O–H groups in total. The van der Waals surface area contributed by atoms with Gasteiger partial charge in [0.25, 0.3) is 0 Å². The second-order valence-electron chi connectivity index (χ2n) is 3.54. The highest BCUT2D eigenvalue weighted by molar-refractivity contribution is 5.30. The van der Waals surface area contributed by atoms with Crippen LogP contribution < -0.4 is 5.73 Å². The number of hydrogen-bond donors (Lipinski definition) is 1. The predicted octanol–water partition coefficient (Wildman–Crippen LogP) is 2.13. The molecule has 1 aromatic rings. The third-order valence-electron chi connectivity index (χ3n) is 1.88. The lowest BCUT2D eigenvalue weighted by molar-refractivity contribution is 0.766. The first kappa shape index (κ1) is 9.96. The highest BCUT2D eigenvalue weighted by atomic mass is 14.9. The second-order valence-corrected chi connectivity index (χ2v) is 3.54. The van der Waals surface area contributed by atoms with Gasteiger partial charge in [-0.05, 0) is 12.3 Å². The number of nitrogens with zero attached hydrogens (tertiary/aromatic N) is 2. The maximum atomic E-state index is 5.68. The minimum atomic E-state index is 0.418. The summed E-state index contributed by atoms with van der Waals surface area (Å²) >= 11 is 0. The highest BCUT2D eigenvalue weighted by Crippen LogP contribution is 2.14. The number of anilines is 1. The molecule has 0 bridgehead atoms. The topological polar surface area (TPSA) is 51.8 Å². The molecular weight excluding hydrogens is 162 g/mol. The van der Waals surface area contributed by atoms with Crippen LogP contribution >= 0.6 is 0 Å². The van der Waals surface area contributed by atoms with Crippen molar-refractivity contribution in [3.63, 3.8) is 0 Å². The van der Waals surface area contributed by atoms with Gasteiger partial charge in [0.05, 0.1) is 0 Å². The van der Waals surface area contributed by atoms with Gasteiger partial charge in [0, 0.05) is 18.2 Å². The summed E-state index contributed by atoms with van der Waals surface area (Å²) in [5.41, 5.74) is 6.71. The monoisotopic (exact) mass is 179 g/mol. The molecule has 1 rings (SSSR count). The zero-order valence-corrected chi connectivity index (χ0v) is 8.54. The summed E-state index contributed by atoms with van der Waals surface area (Å²) in [6.45, 7) is 6.33. The molecule has 72 valence electrons. The molecule has 3 nitrogen and oxygen atoms in total. The van der Waals surface area contributed by atoms with Crippen molar-refractivity contribution in [3.8, 4) is 0 Å². The van der Waals surface area contributed by atoms with E-state index in [-0.39, 0.29) is 0 Å². The molecule has 0 saturated heterocycles. The highest BCUT2D eigenvalue weighted by Gasteiger charge is 2.04. The third-order valence-corrected chi connectivity index (χ3v) is 1.88. The van der Waals surface area contributed by atoms with E-state index in [1.807, 2.05) is 6.07 Å². The lowest BCUT2D eigenvalue weighted by Gasteiger charge is -2.07. The first-order valence-corrected chi connectivity index (χ1v) is 4.76. The largest absolute Gasteiger partial charge is 0.384 e. The van der Waals surface area contributed by atoms with E-state index in [0.717, 1.165) is 24.4 Å². The molecule has 0 fully saturated rings. The van der Waals surface area contributed by atoms with E-state index in [2.05, 4.69) is 30.7 Å². The van der Waals surface area contributed by atoms with Crippen molar-refractivity contribution in [1.82, 2.24) is 9.97 Å². The molecule has 0 aliphatic heterocycles. The Labute approximate surface area is 79.4 Å². The molecular formula is C10H17N3. The van der Waals surface area contributed by atoms with Crippen LogP contribution in [0, 0.1) is 0 Å². The Morgan fingerprint density at radius 3 is 2.62 bits per heavy atom. The Balaban J connectivity index is 2.96. The van der Waals surface area contributed by atoms with Crippen LogP contribution in [-0.4, -0.2) is 9.97 Å². The van der Waals surface area contributed by atoms with E-state index in [9.17, 15) is 0 Å². The van der Waals surface area contributed by atoms with Gasteiger partial charge in [-0.1, -0.05) is 20.8 Å². The van der Waals surface area contributed by atoms with Crippen LogP contribution in [0.15, 0.2) is 6.07 Å². The number of nitrogen functional groups attached to an aromatic ring is 1. The number of hydrogen-bond acceptors (Lipinski definition) is 3. The molecule has 1 heterocycles. The number of nitrogens with two attached hydrogens (primary N) is 1. The normalized spacial score (nSPS) is 10.8. The van der Waals surface area contributed by atoms with Gasteiger partial charge in [0.1, 0.15) is 11.6 Å². The van der Waals surface area contributed by atoms with Crippen molar-refractivity contribution in [3.05, 3.63) is 17.6 Å². The van der Waals surface area contributed by atoms with Crippen molar-refractivity contribution >= 4 is 5.82 Å². The van der Waals surface area contributed by atoms with Crippen molar-refractivity contribution in [1.29, 1.82) is 0 Å². The maximum absolute atomic E-state index is 5.68. The van der Waals surface area contributed by atoms with Crippen molar-refractivity contribution in [2.75, 3.05) is 5.73 Å². The SMILES string of the molecule is CCCc1nc(N)cc(C(C)C)n1. The predicted molar refractivity (Wildman–Crippen MR) is 54.5 cm³/mol. The average Bonchev–Trinajstić information content (AvgIpc) is 2.03. The van der Waals surface area contributed by atoms with Gasteiger partial charge in [-0.15, -0.1) is 0 Å². The summed E-state index contributed by atoms with van der Waals surface area (Å²) < 4.78 is 0. The Hall–Kier alpha value is -1.12. The molecule has 0 aromatic carbocycles. The van der Waals surface area contributed by atoms with Gasteiger partial charge in [-0.25, -0.2) is 9.97 Å². The van der Waals surface area contributed by atoms with Crippen LogP contribution in [0.5, 0.6) is 0 Å². The molecule has 0 unspecified atom stereocenters. The Bertz CT molecular complexity index is 281. The fraction of sp³-hybridized carbons (Fsp3) is 0.600. The van der Waals surface area contributed by atoms with Gasteiger partial charge >= 0.3 is 0 Å². The third kappa shape index (κ3) is 2.68. The van der Waals surface area contributed by atoms with E-state index in [4.69, 9.17) is 5.73 Å². The van der Waals surface area contributed by atoms with Crippen molar-refractivity contribution in [2.24, 2.45) is 0 Å². The Kier molecular flexibility index (Phi) is 3.23. The van der Waals surface area contributed by atoms with Crippen LogP contribution in [0.2, 0.25) is 0 Å². The van der Waals surface area contributed by atoms with E-state index >= 15 is 0 Å². The molecule has 0 saturated carbocycles. The summed E-state index contributed by atoms with van der Waals surface area (Å²) in [4.78, 5) is 8.60. The summed E-state index contributed by atoms with van der Waals surface area (Å²) in [6, 6.07) is 1.85. The van der Waals surface area contributed by atoms with Crippen molar-refractivity contribution < 1.29 is 0 Å². The number of aromatic nitrogens is 2. The first-order valence-electron chi connectivity index (χ1n) is 4.76. The lowest BCUT2D eigenvalue weighted by atomic mass is 10.1. The summed E-state index contributed by atoms with van der Waals surface area (Å²) in [7, 11) is 0. The van der Waals surface area contributed by atoms with E-state index in [1.165, 1.54) is 0 Å². The molecule has 13 heavy (non-hydrogen) atoms. The fourth-order valence-electron chi connectivity index (χ4n) is 1.17. The van der Waals surface area contributed by atoms with Gasteiger partial charge in [0.15, 0.2) is 0 Å². The molecule has 0 atom stereocenters. The molecule has 0 spiro atoms. The van der Waals surface area contributed by atoms with Gasteiger partial charge < -0.3 is 5.73 Å². The molecule has 0 radical (unpaired) electrons. The fourth-order valence-corrected chi connectivity index (χ4v) is 1.17. The Morgan fingerprint density at radius 2 is 2.08 bits per heavy atom. The molecule has 3 heteroatoms. The molecule has 0 aliphatic rings. The van der Waals surface area contributed by atoms with E-state index in [0.29, 0.717) is 11.7 Å². The zero-order valence-electron chi connectivity index (χ0n) is 8.54. The van der Waals surface area contributed by atoms with Gasteiger partial charge in [0.2, 0.25) is 0 Å². The Morgan fingerprint density at radius 1 is 1.38 bits per heavy atom. The van der Waals surface area contributed by atoms with Crippen molar-refractivity contribution in [2.45, 2.75) is 39.5 Å². The number of aryl methyl sites for hydroxylation is 1.